The number of aryl methyl sites for hydroxylation is 2. The SMILES string of the molecule is Cc1cccc(NC(=O)c2oc3c(c2C)/C(=N/NC(=O)c2cccc(Cl)c2)CCC3)c1. The Kier molecular flexibility index (Phi) is 5.91. The molecule has 2 N–H and O–H groups in total. The van der Waals surface area contributed by atoms with Gasteiger partial charge in [0.25, 0.3) is 11.8 Å². The van der Waals surface area contributed by atoms with Crippen LogP contribution in [0.5, 0.6) is 0 Å². The van der Waals surface area contributed by atoms with Crippen LogP contribution in [0.4, 0.5) is 5.69 Å². The van der Waals surface area contributed by atoms with Crippen molar-refractivity contribution >= 4 is 34.8 Å². The molecule has 1 aliphatic rings. The van der Waals surface area contributed by atoms with Gasteiger partial charge in [0.15, 0.2) is 5.76 Å². The van der Waals surface area contributed by atoms with Gasteiger partial charge >= 0.3 is 0 Å². The fraction of sp³-hybridized carbons (Fsp3) is 0.208. The summed E-state index contributed by atoms with van der Waals surface area (Å²) in [6, 6.07) is 14.3. The zero-order chi connectivity index (χ0) is 22.0. The quantitative estimate of drug-likeness (QED) is 0.547. The first-order valence-corrected chi connectivity index (χ1v) is 10.4. The third kappa shape index (κ3) is 4.54. The van der Waals surface area contributed by atoms with E-state index in [1.165, 1.54) is 0 Å². The minimum atomic E-state index is -0.347. The number of hydrogen-bond acceptors (Lipinski definition) is 4. The summed E-state index contributed by atoms with van der Waals surface area (Å²) >= 11 is 5.96. The predicted molar refractivity (Wildman–Crippen MR) is 121 cm³/mol. The summed E-state index contributed by atoms with van der Waals surface area (Å²) in [4.78, 5) is 25.2. The topological polar surface area (TPSA) is 83.7 Å². The van der Waals surface area contributed by atoms with Gasteiger partial charge in [0, 0.05) is 33.8 Å². The van der Waals surface area contributed by atoms with Gasteiger partial charge in [-0.05, 0) is 62.6 Å². The van der Waals surface area contributed by atoms with Crippen LogP contribution < -0.4 is 10.7 Å². The van der Waals surface area contributed by atoms with E-state index < -0.39 is 0 Å². The van der Waals surface area contributed by atoms with Crippen LogP contribution in [-0.4, -0.2) is 17.5 Å². The van der Waals surface area contributed by atoms with E-state index in [1.807, 2.05) is 38.1 Å². The van der Waals surface area contributed by atoms with Crippen LogP contribution in [0, 0.1) is 13.8 Å². The van der Waals surface area contributed by atoms with Gasteiger partial charge in [-0.1, -0.05) is 29.8 Å². The Morgan fingerprint density at radius 1 is 1.03 bits per heavy atom. The molecule has 0 aliphatic heterocycles. The Morgan fingerprint density at radius 3 is 2.61 bits per heavy atom. The molecule has 31 heavy (non-hydrogen) atoms. The molecule has 4 rings (SSSR count). The maximum absolute atomic E-state index is 12.8. The van der Waals surface area contributed by atoms with E-state index in [0.29, 0.717) is 34.2 Å². The summed E-state index contributed by atoms with van der Waals surface area (Å²) in [7, 11) is 0. The van der Waals surface area contributed by atoms with E-state index in [2.05, 4.69) is 15.8 Å². The highest BCUT2D eigenvalue weighted by molar-refractivity contribution is 6.31. The maximum atomic E-state index is 12.8. The fourth-order valence-corrected chi connectivity index (χ4v) is 3.91. The number of amides is 2. The van der Waals surface area contributed by atoms with Crippen molar-refractivity contribution in [1.82, 2.24) is 5.43 Å². The van der Waals surface area contributed by atoms with E-state index >= 15 is 0 Å². The summed E-state index contributed by atoms with van der Waals surface area (Å²) in [5.41, 5.74) is 7.00. The molecule has 0 saturated heterocycles. The third-order valence-corrected chi connectivity index (χ3v) is 5.42. The first-order valence-electron chi connectivity index (χ1n) is 10.1. The average molecular weight is 436 g/mol. The van der Waals surface area contributed by atoms with Gasteiger partial charge in [-0.15, -0.1) is 0 Å². The fourth-order valence-electron chi connectivity index (χ4n) is 3.72. The van der Waals surface area contributed by atoms with Crippen LogP contribution in [0.1, 0.15) is 56.2 Å². The lowest BCUT2D eigenvalue weighted by Gasteiger charge is -2.13. The summed E-state index contributed by atoms with van der Waals surface area (Å²) in [5, 5.41) is 7.71. The number of hydrazone groups is 1. The predicted octanol–water partition coefficient (Wildman–Crippen LogP) is 5.27. The van der Waals surface area contributed by atoms with Gasteiger partial charge in [0.1, 0.15) is 5.76 Å². The Labute approximate surface area is 185 Å². The second-order valence-corrected chi connectivity index (χ2v) is 7.98. The molecule has 0 atom stereocenters. The number of furan rings is 1. The summed E-state index contributed by atoms with van der Waals surface area (Å²) < 4.78 is 5.92. The first kappa shape index (κ1) is 20.9. The Bertz CT molecular complexity index is 1200. The zero-order valence-corrected chi connectivity index (χ0v) is 18.0. The Morgan fingerprint density at radius 2 is 1.84 bits per heavy atom. The largest absolute Gasteiger partial charge is 0.455 e. The second kappa shape index (κ2) is 8.78. The molecule has 0 saturated carbocycles. The molecule has 3 aromatic rings. The number of hydrogen-bond donors (Lipinski definition) is 2. The van der Waals surface area contributed by atoms with Crippen molar-refractivity contribution in [3.63, 3.8) is 0 Å². The van der Waals surface area contributed by atoms with Crippen molar-refractivity contribution in [1.29, 1.82) is 0 Å². The summed E-state index contributed by atoms with van der Waals surface area (Å²) in [6.45, 7) is 3.81. The normalized spacial score (nSPS) is 14.2. The van der Waals surface area contributed by atoms with E-state index in [9.17, 15) is 9.59 Å². The number of benzene rings is 2. The third-order valence-electron chi connectivity index (χ3n) is 5.19. The smallest absolute Gasteiger partial charge is 0.291 e. The minimum absolute atomic E-state index is 0.266. The number of carbonyl (C=O) groups is 2. The van der Waals surface area contributed by atoms with Gasteiger partial charge < -0.3 is 9.73 Å². The number of fused-ring (bicyclic) bond motifs is 1. The van der Waals surface area contributed by atoms with E-state index in [4.69, 9.17) is 16.0 Å². The molecule has 1 aliphatic carbocycles. The summed E-state index contributed by atoms with van der Waals surface area (Å²) in [5.74, 6) is 0.330. The molecule has 1 aromatic heterocycles. The molecule has 0 spiro atoms. The van der Waals surface area contributed by atoms with Gasteiger partial charge in [-0.3, -0.25) is 9.59 Å². The van der Waals surface area contributed by atoms with Crippen LogP contribution in [0.2, 0.25) is 5.02 Å². The number of carbonyl (C=O) groups excluding carboxylic acids is 2. The van der Waals surface area contributed by atoms with Gasteiger partial charge in [0.2, 0.25) is 0 Å². The van der Waals surface area contributed by atoms with Crippen molar-refractivity contribution in [3.8, 4) is 0 Å². The number of halogens is 1. The lowest BCUT2D eigenvalue weighted by Crippen LogP contribution is -2.22. The zero-order valence-electron chi connectivity index (χ0n) is 17.3. The van der Waals surface area contributed by atoms with Crippen molar-refractivity contribution in [2.24, 2.45) is 5.10 Å². The molecule has 2 amide bonds. The van der Waals surface area contributed by atoms with Gasteiger partial charge in [-0.25, -0.2) is 5.43 Å². The molecule has 0 unspecified atom stereocenters. The standard InChI is InChI=1S/C24H22ClN3O3/c1-14-6-3-9-18(12-14)26-24(30)22-15(2)21-19(10-5-11-20(21)31-22)27-28-23(29)16-7-4-8-17(25)13-16/h3-4,6-9,12-13H,5,10-11H2,1-2H3,(H,26,30)(H,28,29)/b27-19+. The van der Waals surface area contributed by atoms with Gasteiger partial charge in [-0.2, -0.15) is 5.10 Å². The van der Waals surface area contributed by atoms with E-state index in [1.54, 1.807) is 24.3 Å². The highest BCUT2D eigenvalue weighted by Gasteiger charge is 2.28. The number of nitrogens with zero attached hydrogens (tertiary/aromatic N) is 1. The molecule has 6 nitrogen and oxygen atoms in total. The minimum Gasteiger partial charge on any atom is -0.455 e. The number of rotatable bonds is 4. The van der Waals surface area contributed by atoms with Crippen LogP contribution in [0.25, 0.3) is 0 Å². The molecule has 0 radical (unpaired) electrons. The Hall–Kier alpha value is -3.38. The maximum Gasteiger partial charge on any atom is 0.291 e. The Balaban J connectivity index is 1.57. The van der Waals surface area contributed by atoms with Crippen LogP contribution in [0.3, 0.4) is 0 Å². The number of nitrogens with one attached hydrogen (secondary N) is 2. The van der Waals surface area contributed by atoms with Crippen molar-refractivity contribution < 1.29 is 14.0 Å². The molecule has 158 valence electrons. The molecular formula is C24H22ClN3O3. The van der Waals surface area contributed by atoms with Gasteiger partial charge in [0.05, 0.1) is 5.71 Å². The molecule has 0 bridgehead atoms. The monoisotopic (exact) mass is 435 g/mol. The number of anilines is 1. The lowest BCUT2D eigenvalue weighted by molar-refractivity contribution is 0.0953. The first-order chi connectivity index (χ1) is 14.9. The highest BCUT2D eigenvalue weighted by atomic mass is 35.5. The molecule has 7 heteroatoms. The van der Waals surface area contributed by atoms with Crippen molar-refractivity contribution in [2.45, 2.75) is 33.1 Å². The molecule has 1 heterocycles. The van der Waals surface area contributed by atoms with E-state index in [-0.39, 0.29) is 17.6 Å². The molecular weight excluding hydrogens is 414 g/mol. The lowest BCUT2D eigenvalue weighted by atomic mass is 9.93. The highest BCUT2D eigenvalue weighted by Crippen LogP contribution is 2.30. The van der Waals surface area contributed by atoms with Crippen LogP contribution in [0.15, 0.2) is 58.0 Å². The van der Waals surface area contributed by atoms with Crippen molar-refractivity contribution in [2.75, 3.05) is 5.32 Å². The molecule has 2 aromatic carbocycles. The second-order valence-electron chi connectivity index (χ2n) is 7.54. The summed E-state index contributed by atoms with van der Waals surface area (Å²) in [6.07, 6.45) is 2.22. The van der Waals surface area contributed by atoms with Crippen LogP contribution >= 0.6 is 11.6 Å². The molecule has 0 fully saturated rings. The average Bonchev–Trinajstić information content (AvgIpc) is 3.09. The van der Waals surface area contributed by atoms with E-state index in [0.717, 1.165) is 29.5 Å². The van der Waals surface area contributed by atoms with Crippen LogP contribution in [-0.2, 0) is 6.42 Å². The van der Waals surface area contributed by atoms with Crippen molar-refractivity contribution in [3.05, 3.63) is 87.3 Å².